The number of amides is 1. The maximum absolute atomic E-state index is 13.8. The lowest BCUT2D eigenvalue weighted by Gasteiger charge is -2.33. The summed E-state index contributed by atoms with van der Waals surface area (Å²) in [5.41, 5.74) is 2.27. The van der Waals surface area contributed by atoms with Crippen molar-refractivity contribution in [2.24, 2.45) is 5.92 Å². The molecule has 0 unspecified atom stereocenters. The minimum absolute atomic E-state index is 0.0115. The van der Waals surface area contributed by atoms with E-state index in [9.17, 15) is 24.6 Å². The molecule has 10 heteroatoms. The average Bonchev–Trinajstić information content (AvgIpc) is 3.49. The van der Waals surface area contributed by atoms with Gasteiger partial charge in [0.05, 0.1) is 23.1 Å². The molecule has 3 aliphatic rings. The number of likely N-dealkylation sites (tertiary alicyclic amines) is 1. The van der Waals surface area contributed by atoms with Gasteiger partial charge in [-0.05, 0) is 83.0 Å². The van der Waals surface area contributed by atoms with Crippen LogP contribution >= 0.6 is 11.6 Å². The van der Waals surface area contributed by atoms with Gasteiger partial charge in [-0.15, -0.1) is 0 Å². The monoisotopic (exact) mass is 624 g/mol. The lowest BCUT2D eigenvalue weighted by molar-refractivity contribution is -0.141. The molecule has 9 nitrogen and oxygen atoms in total. The molecule has 1 fully saturated rings. The van der Waals surface area contributed by atoms with Crippen LogP contribution in [0, 0.1) is 12.8 Å². The van der Waals surface area contributed by atoms with E-state index in [0.717, 1.165) is 29.7 Å². The quantitative estimate of drug-likeness (QED) is 0.254. The fraction of sp³-hybridized carbons (Fsp3) is 0.559. The van der Waals surface area contributed by atoms with E-state index in [2.05, 4.69) is 22.9 Å². The smallest absolute Gasteiger partial charge is 0.242 e. The average molecular weight is 625 g/mol. The van der Waals surface area contributed by atoms with Crippen LogP contribution in [0.5, 0.6) is 0 Å². The van der Waals surface area contributed by atoms with E-state index in [-0.39, 0.29) is 42.3 Å². The highest BCUT2D eigenvalue weighted by molar-refractivity contribution is 6.33. The minimum Gasteiger partial charge on any atom is -0.383 e. The van der Waals surface area contributed by atoms with Crippen LogP contribution in [0.25, 0.3) is 11.1 Å². The zero-order chi connectivity index (χ0) is 32.3. The van der Waals surface area contributed by atoms with Crippen LogP contribution < -0.4 is 16.0 Å². The summed E-state index contributed by atoms with van der Waals surface area (Å²) < 4.78 is 0. The normalized spacial score (nSPS) is 28.0. The van der Waals surface area contributed by atoms with Gasteiger partial charge in [0, 0.05) is 40.4 Å². The summed E-state index contributed by atoms with van der Waals surface area (Å²) >= 11 is 6.87. The molecule has 2 aromatic carbocycles. The molecule has 0 radical (unpaired) electrons. The Bertz CT molecular complexity index is 1510. The van der Waals surface area contributed by atoms with Crippen molar-refractivity contribution < 1.29 is 24.6 Å². The number of hydrogen-bond donors (Lipinski definition) is 5. The predicted molar refractivity (Wildman–Crippen MR) is 173 cm³/mol. The van der Waals surface area contributed by atoms with Crippen molar-refractivity contribution in [1.29, 1.82) is 0 Å². The van der Waals surface area contributed by atoms with Gasteiger partial charge in [0.25, 0.3) is 0 Å². The Hall–Kier alpha value is -2.98. The molecule has 7 atom stereocenters. The van der Waals surface area contributed by atoms with E-state index in [1.165, 1.54) is 13.8 Å². The van der Waals surface area contributed by atoms with Crippen LogP contribution in [-0.2, 0) is 25.6 Å². The Morgan fingerprint density at radius 2 is 1.75 bits per heavy atom. The van der Waals surface area contributed by atoms with Gasteiger partial charge in [-0.3, -0.25) is 14.4 Å². The molecule has 3 aliphatic heterocycles. The molecule has 1 saturated heterocycles. The third-order valence-electron chi connectivity index (χ3n) is 10.2. The van der Waals surface area contributed by atoms with Crippen molar-refractivity contribution >= 4 is 40.4 Å². The fourth-order valence-corrected chi connectivity index (χ4v) is 7.59. The first-order valence-corrected chi connectivity index (χ1v) is 16.0. The second kappa shape index (κ2) is 11.7. The molecular formula is C34H45ClN4O5. The van der Waals surface area contributed by atoms with Crippen LogP contribution in [-0.4, -0.2) is 63.9 Å². The first kappa shape index (κ1) is 32.4. The van der Waals surface area contributed by atoms with Crippen LogP contribution in [0.4, 0.5) is 11.4 Å². The number of likely N-dealkylation sites (N-methyl/N-ethyl adjacent to an activating group) is 1. The fourth-order valence-electron chi connectivity index (χ4n) is 7.32. The van der Waals surface area contributed by atoms with E-state index in [1.54, 1.807) is 18.0 Å². The van der Waals surface area contributed by atoms with E-state index in [1.807, 2.05) is 39.0 Å². The van der Waals surface area contributed by atoms with Crippen LogP contribution in [0.2, 0.25) is 5.02 Å². The number of Topliss-reactive ketones (excluding diaryl/α,β-unsaturated/α-hetero) is 2. The molecule has 3 heterocycles. The summed E-state index contributed by atoms with van der Waals surface area (Å²) in [5.74, 6) is -0.705. The number of rotatable bonds is 10. The lowest BCUT2D eigenvalue weighted by atomic mass is 9.80. The lowest BCUT2D eigenvalue weighted by Crippen LogP contribution is -2.55. The summed E-state index contributed by atoms with van der Waals surface area (Å²) in [6, 6.07) is 5.95. The van der Waals surface area contributed by atoms with Gasteiger partial charge in [-0.1, -0.05) is 38.3 Å². The molecule has 5 N–H and O–H groups in total. The van der Waals surface area contributed by atoms with Gasteiger partial charge in [0.2, 0.25) is 5.91 Å². The highest BCUT2D eigenvalue weighted by Crippen LogP contribution is 2.53. The van der Waals surface area contributed by atoms with Crippen LogP contribution in [0.1, 0.15) is 83.4 Å². The molecule has 5 rings (SSSR count). The third-order valence-corrected chi connectivity index (χ3v) is 10.5. The van der Waals surface area contributed by atoms with Gasteiger partial charge < -0.3 is 31.1 Å². The third kappa shape index (κ3) is 5.11. The second-order valence-electron chi connectivity index (χ2n) is 13.1. The number of carbonyl (C=O) groups excluding carboxylic acids is 3. The summed E-state index contributed by atoms with van der Waals surface area (Å²) in [7, 11) is 1.74. The zero-order valence-electron chi connectivity index (χ0n) is 26.7. The highest BCUT2D eigenvalue weighted by Gasteiger charge is 2.60. The summed E-state index contributed by atoms with van der Waals surface area (Å²) in [5, 5.41) is 34.4. The topological polar surface area (TPSA) is 131 Å². The number of anilines is 2. The second-order valence-corrected chi connectivity index (χ2v) is 13.5. The molecule has 0 aromatic heterocycles. The van der Waals surface area contributed by atoms with Gasteiger partial charge in [-0.25, -0.2) is 0 Å². The van der Waals surface area contributed by atoms with E-state index in [0.29, 0.717) is 33.8 Å². The number of aryl methyl sites for hydroxylation is 1. The predicted octanol–water partition coefficient (Wildman–Crippen LogP) is 4.84. The van der Waals surface area contributed by atoms with Crippen molar-refractivity contribution in [3.05, 3.63) is 46.0 Å². The molecule has 238 valence electrons. The number of halogens is 1. The first-order chi connectivity index (χ1) is 20.7. The number of nitrogens with one attached hydrogen (secondary N) is 3. The largest absolute Gasteiger partial charge is 0.383 e. The van der Waals surface area contributed by atoms with Crippen molar-refractivity contribution in [3.8, 4) is 11.1 Å². The number of ketones is 2. The zero-order valence-corrected chi connectivity index (χ0v) is 27.4. The minimum atomic E-state index is -1.50. The van der Waals surface area contributed by atoms with E-state index < -0.39 is 29.5 Å². The molecule has 44 heavy (non-hydrogen) atoms. The highest BCUT2D eigenvalue weighted by atomic mass is 35.5. The molecule has 0 bridgehead atoms. The van der Waals surface area contributed by atoms with E-state index in [4.69, 9.17) is 11.6 Å². The van der Waals surface area contributed by atoms with Gasteiger partial charge in [0.1, 0.15) is 23.2 Å². The summed E-state index contributed by atoms with van der Waals surface area (Å²) in [6.45, 7) is 10.7. The Labute approximate surface area is 264 Å². The van der Waals surface area contributed by atoms with Crippen LogP contribution in [0.3, 0.4) is 0 Å². The Kier molecular flexibility index (Phi) is 8.65. The molecular weight excluding hydrogens is 580 g/mol. The number of aliphatic hydroxyl groups is 2. The Balaban J connectivity index is 1.57. The van der Waals surface area contributed by atoms with Crippen molar-refractivity contribution in [1.82, 2.24) is 10.2 Å². The summed E-state index contributed by atoms with van der Waals surface area (Å²) in [6.07, 6.45) is 1.98. The molecule has 0 spiro atoms. The van der Waals surface area contributed by atoms with Crippen molar-refractivity contribution in [2.75, 3.05) is 17.7 Å². The van der Waals surface area contributed by atoms with Crippen molar-refractivity contribution in [3.63, 3.8) is 0 Å². The van der Waals surface area contributed by atoms with Gasteiger partial charge in [0.15, 0.2) is 5.78 Å². The van der Waals surface area contributed by atoms with E-state index >= 15 is 0 Å². The molecule has 0 aliphatic carbocycles. The number of carbonyl (C=O) groups is 3. The molecule has 0 saturated carbocycles. The van der Waals surface area contributed by atoms with Gasteiger partial charge in [-0.2, -0.15) is 0 Å². The molecule has 1 amide bonds. The molecule has 2 aromatic rings. The number of nitrogens with zero attached hydrogens (tertiary/aromatic N) is 1. The standard InChI is InChI=1S/C34H45ClN4O5/c1-8-9-10-27(36-7)31(42)39-30(20(5)41)16-34(44)25-12-22(17(2)11-28(25)38-32(34)39)23-13-24-29(14-26(23)35)37-21(6)33(24,43)15-18(3)19(4)40/h11-14,18,21,27,30,32,36-38,43-44H,8-10,15-16H2,1-7H3/t18-,21-,27-,30-,32-,33-,34+/m0/s1. The first-order valence-electron chi connectivity index (χ1n) is 15.7. The number of benzene rings is 2. The van der Waals surface area contributed by atoms with Crippen molar-refractivity contribution in [2.45, 2.75) is 109 Å². The number of hydrogen-bond acceptors (Lipinski definition) is 8. The number of fused-ring (bicyclic) bond motifs is 4. The SMILES string of the molecule is CCCC[C@H](NC)C(=O)N1[C@H](C(C)=O)C[C@@]2(O)c3cc(-c4cc5c(cc4Cl)N[C@@H](C)[C@@]5(O)C[C@H](C)C(C)=O)c(C)cc3N[C@@H]12. The number of unbranched alkanes of at least 4 members (excludes halogenated alkanes) is 1. The Morgan fingerprint density at radius 1 is 1.09 bits per heavy atom. The maximum Gasteiger partial charge on any atom is 0.242 e. The Morgan fingerprint density at radius 3 is 2.36 bits per heavy atom. The van der Waals surface area contributed by atoms with Crippen LogP contribution in [0.15, 0.2) is 24.3 Å². The summed E-state index contributed by atoms with van der Waals surface area (Å²) in [4.78, 5) is 40.3. The van der Waals surface area contributed by atoms with Gasteiger partial charge >= 0.3 is 0 Å². The maximum atomic E-state index is 13.8.